The Labute approximate surface area is 160 Å². The Morgan fingerprint density at radius 1 is 0.619 bits per heavy atom. The fourth-order valence-electron chi connectivity index (χ4n) is 2.65. The molecule has 0 bridgehead atoms. The van der Waals surface area contributed by atoms with Gasteiger partial charge in [-0.25, -0.2) is 0 Å². The Morgan fingerprint density at radius 2 is 0.905 bits per heavy atom. The Balaban J connectivity index is 0. The fourth-order valence-corrected chi connectivity index (χ4v) is 2.65. The molecule has 0 heterocycles. The van der Waals surface area contributed by atoms with Crippen molar-refractivity contribution in [2.24, 2.45) is 0 Å². The number of hydrogen-bond acceptors (Lipinski definition) is 1. The van der Waals surface area contributed by atoms with E-state index in [1.54, 1.807) is 0 Å². The summed E-state index contributed by atoms with van der Waals surface area (Å²) in [5, 5.41) is 8.52. The number of aliphatic carboxylic acids is 1. The van der Waals surface area contributed by atoms with E-state index in [0.29, 0.717) is 6.42 Å². The van der Waals surface area contributed by atoms with Crippen LogP contribution < -0.4 is 0 Å². The minimum atomic E-state index is -0.653. The molecule has 1 N–H and O–H groups in total. The molecule has 1 radical (unpaired) electrons. The average molecular weight is 423 g/mol. The fraction of sp³-hybridized carbons (Fsp3) is 0.944. The van der Waals surface area contributed by atoms with Gasteiger partial charge in [-0.1, -0.05) is 96.8 Å². The molecule has 0 saturated carbocycles. The van der Waals surface area contributed by atoms with Gasteiger partial charge in [-0.15, -0.1) is 0 Å². The summed E-state index contributed by atoms with van der Waals surface area (Å²) in [6.07, 6.45) is 20.2. The molecule has 0 aliphatic carbocycles. The summed E-state index contributed by atoms with van der Waals surface area (Å²) in [5.41, 5.74) is 0. The number of carbonyl (C=O) groups is 1. The molecule has 123 valence electrons. The largest absolute Gasteiger partial charge is 0.481 e. The molecule has 0 spiro atoms. The van der Waals surface area contributed by atoms with Gasteiger partial charge in [-0.2, -0.15) is 0 Å². The first kappa shape index (κ1) is 23.9. The van der Waals surface area contributed by atoms with E-state index in [1.807, 2.05) is 0 Å². The van der Waals surface area contributed by atoms with E-state index >= 15 is 0 Å². The van der Waals surface area contributed by atoms with Crippen molar-refractivity contribution in [2.45, 2.75) is 110 Å². The van der Waals surface area contributed by atoms with Gasteiger partial charge in [0.2, 0.25) is 0 Å². The Hall–Kier alpha value is 0.665. The van der Waals surface area contributed by atoms with E-state index in [1.165, 1.54) is 83.5 Å². The van der Waals surface area contributed by atoms with Crippen molar-refractivity contribution in [3.05, 3.63) is 0 Å². The maximum Gasteiger partial charge on any atom is 0.303 e. The maximum absolute atomic E-state index is 10.3. The first-order chi connectivity index (χ1) is 9.77. The van der Waals surface area contributed by atoms with Crippen LogP contribution in [0.3, 0.4) is 0 Å². The zero-order chi connectivity index (χ0) is 14.9. The van der Waals surface area contributed by atoms with Crippen LogP contribution in [0.1, 0.15) is 110 Å². The second-order valence-corrected chi connectivity index (χ2v) is 6.09. The summed E-state index contributed by atoms with van der Waals surface area (Å²) in [5.74, 6) is -0.653. The van der Waals surface area contributed by atoms with Crippen molar-refractivity contribution in [3.63, 3.8) is 0 Å². The molecule has 0 aromatic heterocycles. The third kappa shape index (κ3) is 23.1. The Morgan fingerprint density at radius 3 is 1.19 bits per heavy atom. The molecule has 0 unspecified atom stereocenters. The molecule has 0 rings (SSSR count). The van der Waals surface area contributed by atoms with Crippen LogP contribution >= 0.6 is 0 Å². The van der Waals surface area contributed by atoms with Crippen LogP contribution in [0.25, 0.3) is 0 Å². The molecular formula is C18H36LaO2. The van der Waals surface area contributed by atoms with Gasteiger partial charge in [0.15, 0.2) is 0 Å². The van der Waals surface area contributed by atoms with E-state index in [0.717, 1.165) is 12.8 Å². The molecule has 0 aliphatic heterocycles. The quantitative estimate of drug-likeness (QED) is 0.295. The molecule has 2 nitrogen and oxygen atoms in total. The molecule has 0 aromatic carbocycles. The second-order valence-electron chi connectivity index (χ2n) is 6.09. The van der Waals surface area contributed by atoms with E-state index in [2.05, 4.69) is 6.92 Å². The van der Waals surface area contributed by atoms with E-state index in [-0.39, 0.29) is 35.6 Å². The molecule has 21 heavy (non-hydrogen) atoms. The van der Waals surface area contributed by atoms with Crippen LogP contribution in [-0.2, 0) is 4.79 Å². The molecule has 0 saturated heterocycles. The topological polar surface area (TPSA) is 37.3 Å². The van der Waals surface area contributed by atoms with Gasteiger partial charge in [-0.05, 0) is 6.42 Å². The zero-order valence-electron chi connectivity index (χ0n) is 14.2. The van der Waals surface area contributed by atoms with Gasteiger partial charge in [0.1, 0.15) is 0 Å². The van der Waals surface area contributed by atoms with E-state index in [9.17, 15) is 4.79 Å². The minimum Gasteiger partial charge on any atom is -0.481 e. The molecule has 0 fully saturated rings. The van der Waals surface area contributed by atoms with Crippen LogP contribution in [0.15, 0.2) is 0 Å². The first-order valence-corrected chi connectivity index (χ1v) is 8.99. The predicted octanol–water partition coefficient (Wildman–Crippen LogP) is 6.33. The van der Waals surface area contributed by atoms with Gasteiger partial charge in [-0.3, -0.25) is 4.79 Å². The van der Waals surface area contributed by atoms with Crippen LogP contribution in [-0.4, -0.2) is 11.1 Å². The van der Waals surface area contributed by atoms with E-state index < -0.39 is 5.97 Å². The first-order valence-electron chi connectivity index (χ1n) is 8.99. The Kier molecular flexibility index (Phi) is 23.5. The van der Waals surface area contributed by atoms with Gasteiger partial charge < -0.3 is 5.11 Å². The zero-order valence-corrected chi connectivity index (χ0v) is 17.9. The van der Waals surface area contributed by atoms with Crippen molar-refractivity contribution in [3.8, 4) is 0 Å². The molecule has 0 aliphatic rings. The second kappa shape index (κ2) is 20.7. The van der Waals surface area contributed by atoms with Crippen molar-refractivity contribution in [1.29, 1.82) is 0 Å². The number of carboxylic acid groups (broad SMARTS) is 1. The molecular weight excluding hydrogens is 387 g/mol. The molecule has 0 amide bonds. The SMILES string of the molecule is CCCCCCCCCCCCCCCCCC(=O)O.[La]. The summed E-state index contributed by atoms with van der Waals surface area (Å²) in [7, 11) is 0. The summed E-state index contributed by atoms with van der Waals surface area (Å²) < 4.78 is 0. The van der Waals surface area contributed by atoms with E-state index in [4.69, 9.17) is 5.11 Å². The summed E-state index contributed by atoms with van der Waals surface area (Å²) >= 11 is 0. The predicted molar refractivity (Wildman–Crippen MR) is 87.2 cm³/mol. The monoisotopic (exact) mass is 423 g/mol. The van der Waals surface area contributed by atoms with Gasteiger partial charge in [0, 0.05) is 42.0 Å². The normalized spacial score (nSPS) is 10.3. The van der Waals surface area contributed by atoms with Crippen LogP contribution in [0.4, 0.5) is 0 Å². The standard InChI is InChI=1S/C18H36O2.La/c1-2-3-4-5-6-7-8-9-10-11-12-13-14-15-16-17-18(19)20;/h2-17H2,1H3,(H,19,20);. The van der Waals surface area contributed by atoms with Crippen LogP contribution in [0.2, 0.25) is 0 Å². The number of hydrogen-bond donors (Lipinski definition) is 1. The average Bonchev–Trinajstić information content (AvgIpc) is 2.43. The summed E-state index contributed by atoms with van der Waals surface area (Å²) in [4.78, 5) is 10.3. The van der Waals surface area contributed by atoms with Crippen molar-refractivity contribution in [1.82, 2.24) is 0 Å². The van der Waals surface area contributed by atoms with Crippen LogP contribution in [0, 0.1) is 35.6 Å². The molecule has 0 atom stereocenters. The third-order valence-electron chi connectivity index (χ3n) is 3.99. The third-order valence-corrected chi connectivity index (χ3v) is 3.99. The minimum absolute atomic E-state index is 0. The van der Waals surface area contributed by atoms with Gasteiger partial charge >= 0.3 is 5.97 Å². The van der Waals surface area contributed by atoms with Gasteiger partial charge in [0.25, 0.3) is 0 Å². The number of rotatable bonds is 16. The Bertz CT molecular complexity index is 207. The summed E-state index contributed by atoms with van der Waals surface area (Å²) in [6.45, 7) is 2.27. The smallest absolute Gasteiger partial charge is 0.303 e. The number of carboxylic acids is 1. The summed E-state index contributed by atoms with van der Waals surface area (Å²) in [6, 6.07) is 0. The number of unbranched alkanes of at least 4 members (excludes halogenated alkanes) is 14. The molecule has 3 heteroatoms. The van der Waals surface area contributed by atoms with Crippen LogP contribution in [0.5, 0.6) is 0 Å². The van der Waals surface area contributed by atoms with Crippen molar-refractivity contribution < 1.29 is 45.5 Å². The molecule has 0 aromatic rings. The maximum atomic E-state index is 10.3. The van der Waals surface area contributed by atoms with Crippen molar-refractivity contribution in [2.75, 3.05) is 0 Å². The van der Waals surface area contributed by atoms with Crippen molar-refractivity contribution >= 4 is 5.97 Å². The van der Waals surface area contributed by atoms with Gasteiger partial charge in [0.05, 0.1) is 0 Å².